The Morgan fingerprint density at radius 3 is 2.27 bits per heavy atom. The third kappa shape index (κ3) is 9.88. The molecule has 0 amide bonds. The second kappa shape index (κ2) is 9.88. The fourth-order valence-corrected chi connectivity index (χ4v) is 0.670. The van der Waals surface area contributed by atoms with Gasteiger partial charge in [-0.15, -0.1) is 0 Å². The molecule has 11 heavy (non-hydrogen) atoms. The molecule has 0 atom stereocenters. The van der Waals surface area contributed by atoms with Gasteiger partial charge in [0.2, 0.25) is 0 Å². The standard InChI is InChI=1S/C8H17O3/c1-2-10-7-4-8-11-6-3-5-9/h2-8H2,1H3. The zero-order valence-corrected chi connectivity index (χ0v) is 7.17. The van der Waals surface area contributed by atoms with Crippen LogP contribution >= 0.6 is 0 Å². The molecule has 0 bridgehead atoms. The Kier molecular flexibility index (Phi) is 9.77. The largest absolute Gasteiger partial charge is 0.382 e. The van der Waals surface area contributed by atoms with E-state index in [1.54, 1.807) is 0 Å². The van der Waals surface area contributed by atoms with E-state index in [4.69, 9.17) is 9.47 Å². The first-order valence-corrected chi connectivity index (χ1v) is 4.15. The van der Waals surface area contributed by atoms with Crippen molar-refractivity contribution in [1.82, 2.24) is 0 Å². The summed E-state index contributed by atoms with van der Waals surface area (Å²) < 4.78 is 10.2. The van der Waals surface area contributed by atoms with E-state index < -0.39 is 0 Å². The van der Waals surface area contributed by atoms with Crippen LogP contribution in [-0.2, 0) is 14.6 Å². The minimum absolute atomic E-state index is 0.0362. The van der Waals surface area contributed by atoms with Gasteiger partial charge in [-0.05, 0) is 19.8 Å². The third-order valence-electron chi connectivity index (χ3n) is 1.21. The van der Waals surface area contributed by atoms with E-state index in [0.29, 0.717) is 19.6 Å². The minimum Gasteiger partial charge on any atom is -0.382 e. The SMILES string of the molecule is CCOCCCOCCC[O]. The van der Waals surface area contributed by atoms with Gasteiger partial charge in [0.05, 0.1) is 6.61 Å². The first-order valence-electron chi connectivity index (χ1n) is 4.15. The second-order valence-electron chi connectivity index (χ2n) is 2.22. The summed E-state index contributed by atoms with van der Waals surface area (Å²) in [5, 5.41) is 9.96. The average molecular weight is 161 g/mol. The van der Waals surface area contributed by atoms with Crippen LogP contribution in [0, 0.1) is 0 Å². The fraction of sp³-hybridized carbons (Fsp3) is 1.00. The van der Waals surface area contributed by atoms with Gasteiger partial charge < -0.3 is 9.47 Å². The lowest BCUT2D eigenvalue weighted by atomic mass is 10.4. The highest BCUT2D eigenvalue weighted by molar-refractivity contribution is 4.35. The molecule has 0 N–H and O–H groups in total. The molecule has 0 rings (SSSR count). The van der Waals surface area contributed by atoms with E-state index >= 15 is 0 Å². The van der Waals surface area contributed by atoms with Gasteiger partial charge in [-0.1, -0.05) is 0 Å². The first kappa shape index (κ1) is 10.9. The lowest BCUT2D eigenvalue weighted by molar-refractivity contribution is 0.0732. The summed E-state index contributed by atoms with van der Waals surface area (Å²) in [5.74, 6) is 0. The van der Waals surface area contributed by atoms with Crippen molar-refractivity contribution in [3.8, 4) is 0 Å². The summed E-state index contributed by atoms with van der Waals surface area (Å²) >= 11 is 0. The Hall–Kier alpha value is -0.120. The molecule has 0 saturated heterocycles. The summed E-state index contributed by atoms with van der Waals surface area (Å²) in [6, 6.07) is 0. The van der Waals surface area contributed by atoms with Crippen molar-refractivity contribution in [2.75, 3.05) is 33.0 Å². The first-order chi connectivity index (χ1) is 5.41. The lowest BCUT2D eigenvalue weighted by Gasteiger charge is -2.02. The van der Waals surface area contributed by atoms with E-state index in [2.05, 4.69) is 0 Å². The summed E-state index contributed by atoms with van der Waals surface area (Å²) in [6.07, 6.45) is 1.54. The zero-order valence-electron chi connectivity index (χ0n) is 7.17. The molecule has 0 spiro atoms. The summed E-state index contributed by atoms with van der Waals surface area (Å²) in [7, 11) is 0. The molecule has 0 unspecified atom stereocenters. The van der Waals surface area contributed by atoms with Crippen LogP contribution in [0.5, 0.6) is 0 Å². The van der Waals surface area contributed by atoms with Gasteiger partial charge in [0.25, 0.3) is 0 Å². The molecule has 0 aliphatic heterocycles. The van der Waals surface area contributed by atoms with Crippen molar-refractivity contribution in [1.29, 1.82) is 0 Å². The van der Waals surface area contributed by atoms with Crippen LogP contribution in [0.3, 0.4) is 0 Å². The molecule has 0 aliphatic carbocycles. The van der Waals surface area contributed by atoms with E-state index in [9.17, 15) is 5.11 Å². The maximum Gasteiger partial charge on any atom is 0.0844 e. The van der Waals surface area contributed by atoms with E-state index in [-0.39, 0.29) is 6.61 Å². The van der Waals surface area contributed by atoms with Crippen LogP contribution in [0.1, 0.15) is 19.8 Å². The van der Waals surface area contributed by atoms with Crippen LogP contribution < -0.4 is 0 Å². The molecule has 0 aromatic heterocycles. The number of hydrogen-bond donors (Lipinski definition) is 0. The molecule has 0 aromatic carbocycles. The van der Waals surface area contributed by atoms with Crippen molar-refractivity contribution in [2.24, 2.45) is 0 Å². The monoisotopic (exact) mass is 161 g/mol. The van der Waals surface area contributed by atoms with Crippen molar-refractivity contribution in [2.45, 2.75) is 19.8 Å². The molecule has 67 valence electrons. The van der Waals surface area contributed by atoms with Gasteiger partial charge in [0, 0.05) is 26.4 Å². The van der Waals surface area contributed by atoms with E-state index in [1.165, 1.54) is 0 Å². The summed E-state index contributed by atoms with van der Waals surface area (Å²) in [6.45, 7) is 4.76. The molecular formula is C8H17O3. The van der Waals surface area contributed by atoms with Gasteiger partial charge in [-0.2, -0.15) is 0 Å². The Balaban J connectivity index is 2.69. The van der Waals surface area contributed by atoms with Gasteiger partial charge in [0.1, 0.15) is 0 Å². The second-order valence-corrected chi connectivity index (χ2v) is 2.22. The number of rotatable bonds is 8. The average Bonchev–Trinajstić information content (AvgIpc) is 2.03. The Bertz CT molecular complexity index is 58.4. The fourth-order valence-electron chi connectivity index (χ4n) is 0.670. The quantitative estimate of drug-likeness (QED) is 0.502. The van der Waals surface area contributed by atoms with Crippen LogP contribution in [0.25, 0.3) is 0 Å². The van der Waals surface area contributed by atoms with Crippen molar-refractivity contribution < 1.29 is 14.6 Å². The molecule has 0 aliphatic rings. The minimum atomic E-state index is -0.0362. The summed E-state index contributed by atoms with van der Waals surface area (Å²) in [4.78, 5) is 0. The van der Waals surface area contributed by atoms with Crippen molar-refractivity contribution >= 4 is 0 Å². The molecule has 0 saturated carbocycles. The highest BCUT2D eigenvalue weighted by Crippen LogP contribution is 1.86. The molecule has 3 heteroatoms. The van der Waals surface area contributed by atoms with Gasteiger partial charge in [-0.25, -0.2) is 5.11 Å². The van der Waals surface area contributed by atoms with Gasteiger partial charge >= 0.3 is 0 Å². The predicted molar refractivity (Wildman–Crippen MR) is 42.1 cm³/mol. The molecule has 0 fully saturated rings. The van der Waals surface area contributed by atoms with Crippen molar-refractivity contribution in [3.63, 3.8) is 0 Å². The summed E-state index contributed by atoms with van der Waals surface area (Å²) in [5.41, 5.74) is 0. The molecule has 1 radical (unpaired) electrons. The van der Waals surface area contributed by atoms with E-state index in [0.717, 1.165) is 19.6 Å². The van der Waals surface area contributed by atoms with Gasteiger partial charge in [0.15, 0.2) is 0 Å². The topological polar surface area (TPSA) is 38.4 Å². The molecule has 3 nitrogen and oxygen atoms in total. The molecular weight excluding hydrogens is 144 g/mol. The smallest absolute Gasteiger partial charge is 0.0844 e. The van der Waals surface area contributed by atoms with Crippen LogP contribution in [0.4, 0.5) is 0 Å². The van der Waals surface area contributed by atoms with Gasteiger partial charge in [-0.3, -0.25) is 0 Å². The molecule has 0 aromatic rings. The lowest BCUT2D eigenvalue weighted by Crippen LogP contribution is -2.02. The Labute approximate surface area is 68.3 Å². The van der Waals surface area contributed by atoms with E-state index in [1.807, 2.05) is 6.92 Å². The highest BCUT2D eigenvalue weighted by Gasteiger charge is 1.88. The van der Waals surface area contributed by atoms with Crippen LogP contribution in [0.15, 0.2) is 0 Å². The third-order valence-corrected chi connectivity index (χ3v) is 1.21. The van der Waals surface area contributed by atoms with Crippen LogP contribution in [-0.4, -0.2) is 33.0 Å². The Morgan fingerprint density at radius 2 is 1.64 bits per heavy atom. The number of hydrogen-bond acceptors (Lipinski definition) is 2. The molecule has 0 heterocycles. The van der Waals surface area contributed by atoms with Crippen molar-refractivity contribution in [3.05, 3.63) is 0 Å². The maximum atomic E-state index is 9.96. The predicted octanol–water partition coefficient (Wildman–Crippen LogP) is 1.25. The highest BCUT2D eigenvalue weighted by atomic mass is 16.5. The zero-order chi connectivity index (χ0) is 8.36. The normalized spacial score (nSPS) is 10.4. The maximum absolute atomic E-state index is 9.96. The van der Waals surface area contributed by atoms with Crippen LogP contribution in [0.2, 0.25) is 0 Å². The number of ether oxygens (including phenoxy) is 2. The Morgan fingerprint density at radius 1 is 1.00 bits per heavy atom.